The Hall–Kier alpha value is -0.910. The van der Waals surface area contributed by atoms with E-state index in [1.165, 1.54) is 24.3 Å². The quantitative estimate of drug-likeness (QED) is 0.862. The van der Waals surface area contributed by atoms with Gasteiger partial charge in [0.2, 0.25) is 0 Å². The van der Waals surface area contributed by atoms with Crippen LogP contribution >= 0.6 is 11.3 Å². The van der Waals surface area contributed by atoms with Crippen molar-refractivity contribution in [2.45, 2.75) is 12.5 Å². The SMILES string of the molecule is O=C(c1cccs1)N1CC(N2CCCNCC2)C1. The average molecular weight is 265 g/mol. The van der Waals surface area contributed by atoms with Crippen LogP contribution in [-0.4, -0.2) is 61.0 Å². The molecule has 2 fully saturated rings. The van der Waals surface area contributed by atoms with Gasteiger partial charge in [-0.1, -0.05) is 6.07 Å². The van der Waals surface area contributed by atoms with Crippen molar-refractivity contribution in [1.29, 1.82) is 0 Å². The molecule has 1 N–H and O–H groups in total. The Kier molecular flexibility index (Phi) is 3.63. The maximum atomic E-state index is 12.1. The topological polar surface area (TPSA) is 35.6 Å². The summed E-state index contributed by atoms with van der Waals surface area (Å²) in [6.45, 7) is 6.29. The number of amides is 1. The Morgan fingerprint density at radius 2 is 2.22 bits per heavy atom. The number of carbonyl (C=O) groups excluding carboxylic acids is 1. The molecule has 1 aromatic heterocycles. The predicted molar refractivity (Wildman–Crippen MR) is 73.1 cm³/mol. The summed E-state index contributed by atoms with van der Waals surface area (Å²) in [6, 6.07) is 4.43. The molecule has 0 radical (unpaired) electrons. The lowest BCUT2D eigenvalue weighted by Crippen LogP contribution is -2.61. The first-order chi connectivity index (χ1) is 8.84. The number of likely N-dealkylation sites (tertiary alicyclic amines) is 1. The molecule has 3 rings (SSSR count). The summed E-state index contributed by atoms with van der Waals surface area (Å²) in [7, 11) is 0. The van der Waals surface area contributed by atoms with Crippen LogP contribution in [0.1, 0.15) is 16.1 Å². The standard InChI is InChI=1S/C13H19N3OS/c17-13(12-3-1-8-18-12)16-9-11(10-16)15-6-2-4-14-5-7-15/h1,3,8,11,14H,2,4-7,9-10H2. The fraction of sp³-hybridized carbons (Fsp3) is 0.615. The van der Waals surface area contributed by atoms with Crippen molar-refractivity contribution in [3.63, 3.8) is 0 Å². The first-order valence-corrected chi connectivity index (χ1v) is 7.50. The van der Waals surface area contributed by atoms with Gasteiger partial charge in [-0.2, -0.15) is 0 Å². The summed E-state index contributed by atoms with van der Waals surface area (Å²) in [4.78, 5) is 17.4. The molecule has 0 saturated carbocycles. The molecule has 98 valence electrons. The van der Waals surface area contributed by atoms with Crippen LogP contribution in [-0.2, 0) is 0 Å². The van der Waals surface area contributed by atoms with Gasteiger partial charge in [-0.15, -0.1) is 11.3 Å². The van der Waals surface area contributed by atoms with Gasteiger partial charge in [0.05, 0.1) is 4.88 Å². The first kappa shape index (κ1) is 12.1. The van der Waals surface area contributed by atoms with Crippen LogP contribution in [0.3, 0.4) is 0 Å². The van der Waals surface area contributed by atoms with E-state index >= 15 is 0 Å². The third kappa shape index (κ3) is 2.43. The molecule has 0 bridgehead atoms. The number of hydrogen-bond acceptors (Lipinski definition) is 4. The second kappa shape index (κ2) is 5.38. The minimum Gasteiger partial charge on any atom is -0.335 e. The van der Waals surface area contributed by atoms with Crippen molar-refractivity contribution in [2.24, 2.45) is 0 Å². The largest absolute Gasteiger partial charge is 0.335 e. The van der Waals surface area contributed by atoms with Crippen molar-refractivity contribution in [2.75, 3.05) is 39.3 Å². The van der Waals surface area contributed by atoms with Gasteiger partial charge in [-0.25, -0.2) is 0 Å². The number of thiophene rings is 1. The van der Waals surface area contributed by atoms with Gasteiger partial charge in [0, 0.05) is 32.2 Å². The first-order valence-electron chi connectivity index (χ1n) is 6.62. The Morgan fingerprint density at radius 1 is 1.33 bits per heavy atom. The summed E-state index contributed by atoms with van der Waals surface area (Å²) in [5.41, 5.74) is 0. The van der Waals surface area contributed by atoms with Gasteiger partial charge in [0.1, 0.15) is 0 Å². The Balaban J connectivity index is 1.52. The number of rotatable bonds is 2. The Morgan fingerprint density at radius 3 is 3.00 bits per heavy atom. The second-order valence-corrected chi connectivity index (χ2v) is 5.93. The molecule has 0 aromatic carbocycles. The maximum absolute atomic E-state index is 12.1. The summed E-state index contributed by atoms with van der Waals surface area (Å²) in [5, 5.41) is 5.38. The molecule has 0 spiro atoms. The molecule has 0 atom stereocenters. The number of hydrogen-bond donors (Lipinski definition) is 1. The van der Waals surface area contributed by atoms with E-state index in [1.807, 2.05) is 22.4 Å². The Labute approximate surface area is 112 Å². The van der Waals surface area contributed by atoms with E-state index in [2.05, 4.69) is 10.2 Å². The minimum atomic E-state index is 0.203. The second-order valence-electron chi connectivity index (χ2n) is 4.98. The summed E-state index contributed by atoms with van der Waals surface area (Å²) in [6.07, 6.45) is 1.22. The van der Waals surface area contributed by atoms with Crippen LogP contribution in [0.25, 0.3) is 0 Å². The molecule has 5 heteroatoms. The molecule has 0 aliphatic carbocycles. The highest BCUT2D eigenvalue weighted by atomic mass is 32.1. The van der Waals surface area contributed by atoms with Crippen molar-refractivity contribution in [3.8, 4) is 0 Å². The van der Waals surface area contributed by atoms with Gasteiger partial charge < -0.3 is 10.2 Å². The van der Waals surface area contributed by atoms with Crippen LogP contribution in [0.4, 0.5) is 0 Å². The third-order valence-corrected chi connectivity index (χ3v) is 4.63. The van der Waals surface area contributed by atoms with Crippen molar-refractivity contribution < 1.29 is 4.79 Å². The molecule has 2 aliphatic heterocycles. The molecule has 1 aromatic rings. The van der Waals surface area contributed by atoms with Crippen LogP contribution in [0.5, 0.6) is 0 Å². The summed E-state index contributed by atoms with van der Waals surface area (Å²) >= 11 is 1.53. The van der Waals surface area contributed by atoms with Crippen molar-refractivity contribution >= 4 is 17.2 Å². The molecule has 18 heavy (non-hydrogen) atoms. The van der Waals surface area contributed by atoms with E-state index < -0.39 is 0 Å². The smallest absolute Gasteiger partial charge is 0.264 e. The van der Waals surface area contributed by atoms with Gasteiger partial charge in [-0.3, -0.25) is 9.69 Å². The summed E-state index contributed by atoms with van der Waals surface area (Å²) < 4.78 is 0. The lowest BCUT2D eigenvalue weighted by atomic mass is 10.1. The average Bonchev–Trinajstić information content (AvgIpc) is 2.72. The normalized spacial score (nSPS) is 22.6. The molecule has 2 saturated heterocycles. The molecule has 0 unspecified atom stereocenters. The van der Waals surface area contributed by atoms with Crippen LogP contribution in [0, 0.1) is 0 Å². The molecule has 2 aliphatic rings. The molecule has 1 amide bonds. The van der Waals surface area contributed by atoms with Gasteiger partial charge in [0.25, 0.3) is 5.91 Å². The van der Waals surface area contributed by atoms with Gasteiger partial charge >= 0.3 is 0 Å². The van der Waals surface area contributed by atoms with Crippen molar-refractivity contribution in [1.82, 2.24) is 15.1 Å². The number of nitrogens with one attached hydrogen (secondary N) is 1. The lowest BCUT2D eigenvalue weighted by molar-refractivity contribution is 0.0288. The van der Waals surface area contributed by atoms with Gasteiger partial charge in [0.15, 0.2) is 0 Å². The van der Waals surface area contributed by atoms with E-state index in [9.17, 15) is 4.79 Å². The van der Waals surface area contributed by atoms with Crippen molar-refractivity contribution in [3.05, 3.63) is 22.4 Å². The van der Waals surface area contributed by atoms with E-state index in [0.29, 0.717) is 6.04 Å². The monoisotopic (exact) mass is 265 g/mol. The molecule has 3 heterocycles. The zero-order valence-electron chi connectivity index (χ0n) is 10.5. The highest BCUT2D eigenvalue weighted by Gasteiger charge is 2.35. The fourth-order valence-electron chi connectivity index (χ4n) is 2.64. The summed E-state index contributed by atoms with van der Waals surface area (Å²) in [5.74, 6) is 0.203. The van der Waals surface area contributed by atoms with Crippen LogP contribution < -0.4 is 5.32 Å². The van der Waals surface area contributed by atoms with E-state index in [4.69, 9.17) is 0 Å². The number of carbonyl (C=O) groups is 1. The van der Waals surface area contributed by atoms with E-state index in [0.717, 1.165) is 37.6 Å². The zero-order chi connectivity index (χ0) is 12.4. The minimum absolute atomic E-state index is 0.203. The highest BCUT2D eigenvalue weighted by Crippen LogP contribution is 2.20. The van der Waals surface area contributed by atoms with E-state index in [1.54, 1.807) is 0 Å². The zero-order valence-corrected chi connectivity index (χ0v) is 11.3. The highest BCUT2D eigenvalue weighted by molar-refractivity contribution is 7.12. The Bertz CT molecular complexity index is 392. The maximum Gasteiger partial charge on any atom is 0.264 e. The number of nitrogens with zero attached hydrogens (tertiary/aromatic N) is 2. The van der Waals surface area contributed by atoms with Crippen LogP contribution in [0.15, 0.2) is 17.5 Å². The lowest BCUT2D eigenvalue weighted by Gasteiger charge is -2.45. The predicted octanol–water partition coefficient (Wildman–Crippen LogP) is 0.868. The molecule has 4 nitrogen and oxygen atoms in total. The fourth-order valence-corrected chi connectivity index (χ4v) is 3.33. The third-order valence-electron chi connectivity index (χ3n) is 3.77. The molecular weight excluding hydrogens is 246 g/mol. The van der Waals surface area contributed by atoms with Crippen LogP contribution in [0.2, 0.25) is 0 Å². The van der Waals surface area contributed by atoms with E-state index in [-0.39, 0.29) is 5.91 Å². The molecular formula is C13H19N3OS. The van der Waals surface area contributed by atoms with Gasteiger partial charge in [-0.05, 0) is 31.0 Å².